The molecule has 10 nitrogen and oxygen atoms in total. The first-order valence-corrected chi connectivity index (χ1v) is 15.9. The number of aliphatic hydroxyl groups excluding tert-OH is 1. The molecule has 5 atom stereocenters. The summed E-state index contributed by atoms with van der Waals surface area (Å²) in [5.74, 6) is -0.851. The summed E-state index contributed by atoms with van der Waals surface area (Å²) in [6.45, 7) is 7.55. The van der Waals surface area contributed by atoms with Crippen molar-refractivity contribution in [3.05, 3.63) is 23.8 Å². The number of amides is 3. The van der Waals surface area contributed by atoms with E-state index in [4.69, 9.17) is 4.74 Å². The highest BCUT2D eigenvalue weighted by atomic mass is 28.4. The number of hydrogen-bond acceptors (Lipinski definition) is 7. The second-order valence-electron chi connectivity index (χ2n) is 11.0. The van der Waals surface area contributed by atoms with E-state index in [-0.39, 0.29) is 54.8 Å². The number of benzene rings is 1. The molecule has 196 valence electrons. The SMILES string of the molecule is C[C@@H]1[C@@H]([Si](C)(C)O)[C@H](CC(=O)N2CCC[C@H]2CO)O[C@@]12C(=O)Nc1ccc(N3CCNCC3=O)cc12. The lowest BCUT2D eigenvalue weighted by Gasteiger charge is -2.33. The number of aliphatic hydroxyl groups is 1. The molecular formula is C25H36N4O6Si. The van der Waals surface area contributed by atoms with Crippen molar-refractivity contribution in [3.8, 4) is 0 Å². The van der Waals surface area contributed by atoms with Crippen molar-refractivity contribution in [2.24, 2.45) is 5.92 Å². The summed E-state index contributed by atoms with van der Waals surface area (Å²) in [5, 5.41) is 15.7. The smallest absolute Gasteiger partial charge is 0.261 e. The van der Waals surface area contributed by atoms with Crippen LogP contribution in [0.2, 0.25) is 18.6 Å². The van der Waals surface area contributed by atoms with Crippen molar-refractivity contribution in [3.63, 3.8) is 0 Å². The average Bonchev–Trinajstić information content (AvgIpc) is 3.49. The van der Waals surface area contributed by atoms with Crippen molar-refractivity contribution in [2.45, 2.75) is 62.6 Å². The normalized spacial score (nSPS) is 32.4. The molecule has 3 fully saturated rings. The lowest BCUT2D eigenvalue weighted by atomic mass is 9.82. The molecule has 4 aliphatic heterocycles. The summed E-state index contributed by atoms with van der Waals surface area (Å²) in [6, 6.07) is 5.28. The Morgan fingerprint density at radius 2 is 2.06 bits per heavy atom. The van der Waals surface area contributed by atoms with Crippen LogP contribution in [0, 0.1) is 5.92 Å². The minimum Gasteiger partial charge on any atom is -0.432 e. The fraction of sp³-hybridized carbons (Fsp3) is 0.640. The lowest BCUT2D eigenvalue weighted by Crippen LogP contribution is -2.48. The molecular weight excluding hydrogens is 480 g/mol. The van der Waals surface area contributed by atoms with Gasteiger partial charge in [-0.3, -0.25) is 14.4 Å². The minimum absolute atomic E-state index is 0.0396. The first-order chi connectivity index (χ1) is 17.1. The van der Waals surface area contributed by atoms with Crippen molar-refractivity contribution < 1.29 is 29.0 Å². The third-order valence-corrected chi connectivity index (χ3v) is 10.9. The Labute approximate surface area is 212 Å². The van der Waals surface area contributed by atoms with Crippen LogP contribution in [0.4, 0.5) is 11.4 Å². The summed E-state index contributed by atoms with van der Waals surface area (Å²) in [4.78, 5) is 54.1. The molecule has 0 bridgehead atoms. The van der Waals surface area contributed by atoms with E-state index in [0.717, 1.165) is 12.8 Å². The highest BCUT2D eigenvalue weighted by molar-refractivity contribution is 6.71. The molecule has 4 N–H and O–H groups in total. The van der Waals surface area contributed by atoms with Gasteiger partial charge in [-0.05, 0) is 44.1 Å². The zero-order chi connectivity index (χ0) is 25.8. The van der Waals surface area contributed by atoms with E-state index in [9.17, 15) is 24.3 Å². The van der Waals surface area contributed by atoms with Crippen LogP contribution >= 0.6 is 0 Å². The lowest BCUT2D eigenvalue weighted by molar-refractivity contribution is -0.148. The molecule has 3 amide bonds. The number of carbonyl (C=O) groups excluding carboxylic acids is 3. The molecule has 4 aliphatic rings. The van der Waals surface area contributed by atoms with E-state index in [1.165, 1.54) is 0 Å². The molecule has 1 spiro atoms. The second kappa shape index (κ2) is 9.21. The zero-order valence-electron chi connectivity index (χ0n) is 21.1. The molecule has 11 heteroatoms. The Bertz CT molecular complexity index is 1080. The molecule has 1 aromatic carbocycles. The Hall–Kier alpha value is -2.31. The van der Waals surface area contributed by atoms with Gasteiger partial charge in [0.2, 0.25) is 11.8 Å². The molecule has 0 unspecified atom stereocenters. The number of nitrogens with zero attached hydrogens (tertiary/aromatic N) is 2. The average molecular weight is 517 g/mol. The van der Waals surface area contributed by atoms with Crippen molar-refractivity contribution in [1.29, 1.82) is 0 Å². The van der Waals surface area contributed by atoms with E-state index in [1.807, 2.05) is 32.2 Å². The highest BCUT2D eigenvalue weighted by Gasteiger charge is 2.65. The number of rotatable bonds is 5. The van der Waals surface area contributed by atoms with Crippen LogP contribution < -0.4 is 15.5 Å². The van der Waals surface area contributed by atoms with Crippen LogP contribution in [-0.4, -0.2) is 85.8 Å². The number of anilines is 2. The van der Waals surface area contributed by atoms with Crippen LogP contribution in [0.1, 0.15) is 31.7 Å². The monoisotopic (exact) mass is 516 g/mol. The molecule has 0 radical (unpaired) electrons. The van der Waals surface area contributed by atoms with E-state index < -0.39 is 20.0 Å². The Kier molecular flexibility index (Phi) is 6.48. The molecule has 5 rings (SSSR count). The van der Waals surface area contributed by atoms with E-state index >= 15 is 0 Å². The maximum absolute atomic E-state index is 13.6. The molecule has 3 saturated heterocycles. The van der Waals surface area contributed by atoms with Gasteiger partial charge in [-0.1, -0.05) is 6.92 Å². The third-order valence-electron chi connectivity index (χ3n) is 8.41. The number of hydrogen-bond donors (Lipinski definition) is 4. The van der Waals surface area contributed by atoms with Gasteiger partial charge in [0.15, 0.2) is 13.9 Å². The standard InChI is InChI=1S/C25H36N4O6Si/c1-15-23(36(2,3)34)20(12-21(31)28-9-4-5-17(28)14-30)35-25(15)18-11-16(6-7-19(18)27-24(25)33)29-10-8-26-13-22(29)32/h6-7,11,15,17,20,23,26,30,34H,4-5,8-10,12-14H2,1-3H3,(H,27,33)/t15-,17+,20+,23-,25+/m1/s1. The van der Waals surface area contributed by atoms with E-state index in [0.29, 0.717) is 36.6 Å². The Morgan fingerprint density at radius 1 is 1.28 bits per heavy atom. The van der Waals surface area contributed by atoms with Crippen LogP contribution in [-0.2, 0) is 24.7 Å². The fourth-order valence-corrected chi connectivity index (χ4v) is 9.33. The minimum atomic E-state index is -2.88. The molecule has 36 heavy (non-hydrogen) atoms. The second-order valence-corrected chi connectivity index (χ2v) is 15.0. The fourth-order valence-electron chi connectivity index (χ4n) is 6.78. The van der Waals surface area contributed by atoms with Gasteiger partial charge in [0.25, 0.3) is 5.91 Å². The number of likely N-dealkylation sites (tertiary alicyclic amines) is 1. The summed E-state index contributed by atoms with van der Waals surface area (Å²) < 4.78 is 6.61. The molecule has 0 aromatic heterocycles. The van der Waals surface area contributed by atoms with Crippen LogP contribution in [0.25, 0.3) is 0 Å². The van der Waals surface area contributed by atoms with Gasteiger partial charge in [-0.2, -0.15) is 0 Å². The van der Waals surface area contributed by atoms with Gasteiger partial charge >= 0.3 is 0 Å². The number of carbonyl (C=O) groups is 3. The van der Waals surface area contributed by atoms with Gasteiger partial charge in [0.05, 0.1) is 31.7 Å². The summed E-state index contributed by atoms with van der Waals surface area (Å²) >= 11 is 0. The predicted octanol–water partition coefficient (Wildman–Crippen LogP) is 0.746. The number of ether oxygens (including phenoxy) is 1. The summed E-state index contributed by atoms with van der Waals surface area (Å²) in [6.07, 6.45) is 1.01. The molecule has 0 saturated carbocycles. The summed E-state index contributed by atoms with van der Waals surface area (Å²) in [5.41, 5.74) is 0.258. The first kappa shape index (κ1) is 25.3. The van der Waals surface area contributed by atoms with Gasteiger partial charge in [-0.25, -0.2) is 0 Å². The van der Waals surface area contributed by atoms with Crippen molar-refractivity contribution in [2.75, 3.05) is 43.0 Å². The van der Waals surface area contributed by atoms with E-state index in [2.05, 4.69) is 10.6 Å². The van der Waals surface area contributed by atoms with E-state index in [1.54, 1.807) is 15.9 Å². The van der Waals surface area contributed by atoms with Crippen LogP contribution in [0.3, 0.4) is 0 Å². The predicted molar refractivity (Wildman–Crippen MR) is 136 cm³/mol. The Balaban J connectivity index is 1.50. The van der Waals surface area contributed by atoms with Gasteiger partial charge in [0, 0.05) is 48.0 Å². The number of piperazine rings is 1. The molecule has 0 aliphatic carbocycles. The van der Waals surface area contributed by atoms with Crippen LogP contribution in [0.15, 0.2) is 18.2 Å². The highest BCUT2D eigenvalue weighted by Crippen LogP contribution is 2.58. The van der Waals surface area contributed by atoms with Crippen molar-refractivity contribution in [1.82, 2.24) is 10.2 Å². The van der Waals surface area contributed by atoms with Crippen molar-refractivity contribution >= 4 is 37.4 Å². The van der Waals surface area contributed by atoms with Crippen LogP contribution in [0.5, 0.6) is 0 Å². The first-order valence-electron chi connectivity index (χ1n) is 12.9. The number of fused-ring (bicyclic) bond motifs is 2. The third kappa shape index (κ3) is 3.97. The summed E-state index contributed by atoms with van der Waals surface area (Å²) in [7, 11) is -2.88. The van der Waals surface area contributed by atoms with Gasteiger partial charge in [-0.15, -0.1) is 0 Å². The molecule has 4 heterocycles. The topological polar surface area (TPSA) is 131 Å². The quantitative estimate of drug-likeness (QED) is 0.425. The largest absolute Gasteiger partial charge is 0.432 e. The Morgan fingerprint density at radius 3 is 2.75 bits per heavy atom. The zero-order valence-corrected chi connectivity index (χ0v) is 22.1. The number of nitrogens with one attached hydrogen (secondary N) is 2. The van der Waals surface area contributed by atoms with Gasteiger partial charge < -0.3 is 35.1 Å². The molecule has 1 aromatic rings. The van der Waals surface area contributed by atoms with Gasteiger partial charge in [0.1, 0.15) is 0 Å². The maximum atomic E-state index is 13.6. The maximum Gasteiger partial charge on any atom is 0.261 e.